The highest BCUT2D eigenvalue weighted by Crippen LogP contribution is 2.33. The summed E-state index contributed by atoms with van der Waals surface area (Å²) in [6, 6.07) is 12.8. The van der Waals surface area contributed by atoms with Crippen molar-refractivity contribution in [3.63, 3.8) is 0 Å². The highest BCUT2D eigenvalue weighted by Gasteiger charge is 2.34. The minimum absolute atomic E-state index is 0.147. The zero-order valence-electron chi connectivity index (χ0n) is 15.8. The summed E-state index contributed by atoms with van der Waals surface area (Å²) in [5.74, 6) is 0.952. The number of nitrogens with one attached hydrogen (secondary N) is 1. The SMILES string of the molecule is Cc1cccc(C)c1NC(=O)N1CCCC1c1nc(-c2ccc(Cl)cc2)no1. The number of hydrogen-bond acceptors (Lipinski definition) is 4. The Kier molecular flexibility index (Phi) is 5.05. The van der Waals surface area contributed by atoms with Crippen molar-refractivity contribution < 1.29 is 9.32 Å². The highest BCUT2D eigenvalue weighted by molar-refractivity contribution is 6.30. The molecule has 28 heavy (non-hydrogen) atoms. The van der Waals surface area contributed by atoms with Gasteiger partial charge in [-0.2, -0.15) is 4.98 Å². The molecule has 0 radical (unpaired) electrons. The van der Waals surface area contributed by atoms with E-state index in [0.717, 1.165) is 35.2 Å². The number of amides is 2. The zero-order chi connectivity index (χ0) is 19.7. The number of anilines is 1. The number of para-hydroxylation sites is 1. The summed E-state index contributed by atoms with van der Waals surface area (Å²) < 4.78 is 5.50. The van der Waals surface area contributed by atoms with E-state index >= 15 is 0 Å². The molecule has 1 saturated heterocycles. The van der Waals surface area contributed by atoms with Gasteiger partial charge < -0.3 is 14.7 Å². The number of benzene rings is 2. The van der Waals surface area contributed by atoms with Crippen molar-refractivity contribution in [1.82, 2.24) is 15.0 Å². The number of aryl methyl sites for hydroxylation is 2. The van der Waals surface area contributed by atoms with Crippen LogP contribution in [-0.2, 0) is 0 Å². The second kappa shape index (κ2) is 7.64. The van der Waals surface area contributed by atoms with Crippen LogP contribution in [0.15, 0.2) is 47.0 Å². The van der Waals surface area contributed by atoms with Gasteiger partial charge in [-0.15, -0.1) is 0 Å². The largest absolute Gasteiger partial charge is 0.337 e. The van der Waals surface area contributed by atoms with Crippen LogP contribution in [0.3, 0.4) is 0 Å². The lowest BCUT2D eigenvalue weighted by Gasteiger charge is -2.23. The lowest BCUT2D eigenvalue weighted by atomic mass is 10.1. The molecule has 1 aliphatic rings. The fourth-order valence-electron chi connectivity index (χ4n) is 3.54. The molecule has 2 aromatic carbocycles. The number of carbonyl (C=O) groups excluding carboxylic acids is 1. The maximum absolute atomic E-state index is 12.9. The van der Waals surface area contributed by atoms with Crippen LogP contribution in [0.4, 0.5) is 10.5 Å². The minimum Gasteiger partial charge on any atom is -0.337 e. The van der Waals surface area contributed by atoms with Crippen LogP contribution >= 0.6 is 11.6 Å². The van der Waals surface area contributed by atoms with E-state index in [1.165, 1.54) is 0 Å². The Hall–Kier alpha value is -2.86. The quantitative estimate of drug-likeness (QED) is 0.645. The zero-order valence-corrected chi connectivity index (χ0v) is 16.5. The summed E-state index contributed by atoms with van der Waals surface area (Å²) in [7, 11) is 0. The van der Waals surface area contributed by atoms with Crippen molar-refractivity contribution in [2.75, 3.05) is 11.9 Å². The molecule has 7 heteroatoms. The standard InChI is InChI=1S/C21H21ClN4O2/c1-13-5-3-6-14(2)18(13)23-21(27)26-12-4-7-17(26)20-24-19(25-28-20)15-8-10-16(22)11-9-15/h3,5-6,8-11,17H,4,7,12H2,1-2H3,(H,23,27). The molecule has 0 bridgehead atoms. The predicted octanol–water partition coefficient (Wildman–Crippen LogP) is 5.38. The van der Waals surface area contributed by atoms with Gasteiger partial charge in [0.1, 0.15) is 6.04 Å². The van der Waals surface area contributed by atoms with Crippen LogP contribution in [0, 0.1) is 13.8 Å². The fraction of sp³-hybridized carbons (Fsp3) is 0.286. The van der Waals surface area contributed by atoms with Crippen LogP contribution in [0.25, 0.3) is 11.4 Å². The first-order chi connectivity index (χ1) is 13.5. The van der Waals surface area contributed by atoms with E-state index in [9.17, 15) is 4.79 Å². The molecule has 3 aromatic rings. The van der Waals surface area contributed by atoms with Gasteiger partial charge >= 0.3 is 6.03 Å². The molecule has 1 aromatic heterocycles. The summed E-state index contributed by atoms with van der Waals surface area (Å²) >= 11 is 5.94. The normalized spacial score (nSPS) is 16.4. The summed E-state index contributed by atoms with van der Waals surface area (Å²) in [6.45, 7) is 4.63. The number of urea groups is 1. The molecule has 2 heterocycles. The molecule has 2 amide bonds. The fourth-order valence-corrected chi connectivity index (χ4v) is 3.67. The highest BCUT2D eigenvalue weighted by atomic mass is 35.5. The molecule has 0 spiro atoms. The Bertz CT molecular complexity index is 980. The first kappa shape index (κ1) is 18.5. The third-order valence-electron chi connectivity index (χ3n) is 5.06. The minimum atomic E-state index is -0.224. The van der Waals surface area contributed by atoms with Gasteiger partial charge in [0.15, 0.2) is 0 Å². The van der Waals surface area contributed by atoms with E-state index in [4.69, 9.17) is 16.1 Å². The molecule has 6 nitrogen and oxygen atoms in total. The molecule has 1 unspecified atom stereocenters. The number of hydrogen-bond donors (Lipinski definition) is 1. The number of carbonyl (C=O) groups is 1. The molecule has 1 N–H and O–H groups in total. The smallest absolute Gasteiger partial charge is 0.322 e. The van der Waals surface area contributed by atoms with Gasteiger partial charge in [-0.1, -0.05) is 35.0 Å². The third-order valence-corrected chi connectivity index (χ3v) is 5.31. The summed E-state index contributed by atoms with van der Waals surface area (Å²) in [6.07, 6.45) is 1.69. The van der Waals surface area contributed by atoms with E-state index in [2.05, 4.69) is 15.5 Å². The van der Waals surface area contributed by atoms with E-state index in [1.807, 2.05) is 44.2 Å². The lowest BCUT2D eigenvalue weighted by molar-refractivity contribution is 0.193. The second-order valence-electron chi connectivity index (χ2n) is 7.01. The van der Waals surface area contributed by atoms with E-state index in [1.54, 1.807) is 17.0 Å². The number of rotatable bonds is 3. The first-order valence-electron chi connectivity index (χ1n) is 9.26. The van der Waals surface area contributed by atoms with Gasteiger partial charge in [-0.05, 0) is 62.1 Å². The van der Waals surface area contributed by atoms with Crippen molar-refractivity contribution in [2.24, 2.45) is 0 Å². The molecule has 1 fully saturated rings. The topological polar surface area (TPSA) is 71.3 Å². The molecule has 1 aliphatic heterocycles. The van der Waals surface area contributed by atoms with Gasteiger partial charge in [-0.3, -0.25) is 0 Å². The summed E-state index contributed by atoms with van der Waals surface area (Å²) in [5.41, 5.74) is 3.74. The lowest BCUT2D eigenvalue weighted by Crippen LogP contribution is -2.35. The van der Waals surface area contributed by atoms with Gasteiger partial charge in [0.25, 0.3) is 0 Å². The average Bonchev–Trinajstić information content (AvgIpc) is 3.34. The Morgan fingerprint density at radius 3 is 2.61 bits per heavy atom. The van der Waals surface area contributed by atoms with Crippen molar-refractivity contribution in [1.29, 1.82) is 0 Å². The maximum Gasteiger partial charge on any atom is 0.322 e. The van der Waals surface area contributed by atoms with Crippen LogP contribution in [0.1, 0.15) is 35.9 Å². The van der Waals surface area contributed by atoms with Gasteiger partial charge in [0, 0.05) is 22.8 Å². The monoisotopic (exact) mass is 396 g/mol. The van der Waals surface area contributed by atoms with Crippen LogP contribution in [-0.4, -0.2) is 27.6 Å². The molecule has 1 atom stereocenters. The van der Waals surface area contributed by atoms with Crippen molar-refractivity contribution in [3.8, 4) is 11.4 Å². The molecule has 4 rings (SSSR count). The van der Waals surface area contributed by atoms with Gasteiger partial charge in [0.2, 0.25) is 11.7 Å². The Morgan fingerprint density at radius 1 is 1.18 bits per heavy atom. The number of aromatic nitrogens is 2. The molecular formula is C21H21ClN4O2. The van der Waals surface area contributed by atoms with E-state index in [0.29, 0.717) is 23.3 Å². The predicted molar refractivity (Wildman–Crippen MR) is 108 cm³/mol. The Balaban J connectivity index is 1.54. The molecule has 0 saturated carbocycles. The van der Waals surface area contributed by atoms with E-state index < -0.39 is 0 Å². The number of halogens is 1. The molecule has 144 valence electrons. The van der Waals surface area contributed by atoms with Crippen molar-refractivity contribution in [3.05, 3.63) is 64.5 Å². The second-order valence-corrected chi connectivity index (χ2v) is 7.45. The summed E-state index contributed by atoms with van der Waals surface area (Å²) in [4.78, 5) is 19.2. The van der Waals surface area contributed by atoms with Crippen molar-refractivity contribution in [2.45, 2.75) is 32.7 Å². The Labute approximate surface area is 168 Å². The Morgan fingerprint density at radius 2 is 1.89 bits per heavy atom. The number of nitrogens with zero attached hydrogens (tertiary/aromatic N) is 3. The first-order valence-corrected chi connectivity index (χ1v) is 9.64. The maximum atomic E-state index is 12.9. The summed E-state index contributed by atoms with van der Waals surface area (Å²) in [5, 5.41) is 7.78. The van der Waals surface area contributed by atoms with Crippen LogP contribution in [0.2, 0.25) is 5.02 Å². The van der Waals surface area contributed by atoms with E-state index in [-0.39, 0.29) is 12.1 Å². The molecular weight excluding hydrogens is 376 g/mol. The van der Waals surface area contributed by atoms with Crippen LogP contribution in [0.5, 0.6) is 0 Å². The van der Waals surface area contributed by atoms with Gasteiger partial charge in [0.05, 0.1) is 0 Å². The number of likely N-dealkylation sites (tertiary alicyclic amines) is 1. The molecule has 0 aliphatic carbocycles. The van der Waals surface area contributed by atoms with Crippen LogP contribution < -0.4 is 5.32 Å². The van der Waals surface area contributed by atoms with Gasteiger partial charge in [-0.25, -0.2) is 4.79 Å². The average molecular weight is 397 g/mol. The van der Waals surface area contributed by atoms with Crippen molar-refractivity contribution >= 4 is 23.3 Å². The third kappa shape index (κ3) is 3.60.